The molecule has 0 amide bonds. The number of fused-ring (bicyclic) bond motifs is 12. The summed E-state index contributed by atoms with van der Waals surface area (Å²) < 4.78 is 15.2. The van der Waals surface area contributed by atoms with Gasteiger partial charge in [0.2, 0.25) is 0 Å². The SMILES string of the molecule is CC(C)(C)c1ccc(N2B3c4cc5sccc5cc4N(c4ccc(C(C)(C)C)cc4-c4ccccc4)c4c3c(cc3c4oc4ccccc43)-c3cc4c(cc32)oc2ccccc24)cc1. The van der Waals surface area contributed by atoms with Crippen molar-refractivity contribution < 1.29 is 8.83 Å². The molecule has 0 unspecified atom stereocenters. The van der Waals surface area contributed by atoms with Crippen LogP contribution < -0.4 is 20.6 Å². The highest BCUT2D eigenvalue weighted by atomic mass is 32.1. The van der Waals surface area contributed by atoms with Crippen molar-refractivity contribution in [3.63, 3.8) is 0 Å². The first-order chi connectivity index (χ1) is 31.0. The van der Waals surface area contributed by atoms with E-state index in [1.165, 1.54) is 54.4 Å². The maximum atomic E-state index is 7.21. The fourth-order valence-electron chi connectivity index (χ4n) is 10.6. The molecule has 4 nitrogen and oxygen atoms in total. The van der Waals surface area contributed by atoms with E-state index in [1.54, 1.807) is 11.3 Å². The van der Waals surface area contributed by atoms with E-state index in [0.717, 1.165) is 72.3 Å². The molecule has 2 aliphatic rings. The number of thiophene rings is 1. The Morgan fingerprint density at radius 2 is 1.17 bits per heavy atom. The number of hydrogen-bond donors (Lipinski definition) is 0. The number of nitrogens with zero attached hydrogens (tertiary/aromatic N) is 2. The smallest absolute Gasteiger partial charge is 0.333 e. The van der Waals surface area contributed by atoms with E-state index in [-0.39, 0.29) is 17.7 Å². The predicted molar refractivity (Wildman–Crippen MR) is 273 cm³/mol. The van der Waals surface area contributed by atoms with Gasteiger partial charge in [-0.25, -0.2) is 0 Å². The minimum absolute atomic E-state index is 0.00710. The molecule has 13 rings (SSSR count). The summed E-state index contributed by atoms with van der Waals surface area (Å²) in [6, 6.07) is 58.5. The Morgan fingerprint density at radius 3 is 1.92 bits per heavy atom. The number of benzene rings is 8. The highest BCUT2D eigenvalue weighted by Crippen LogP contribution is 2.54. The van der Waals surface area contributed by atoms with Crippen molar-refractivity contribution in [2.75, 3.05) is 9.71 Å². The summed E-state index contributed by atoms with van der Waals surface area (Å²) in [5.74, 6) is 0. The van der Waals surface area contributed by atoms with E-state index in [4.69, 9.17) is 8.83 Å². The molecule has 11 aromatic rings. The first kappa shape index (κ1) is 37.5. The van der Waals surface area contributed by atoms with E-state index in [0.29, 0.717) is 0 Å². The van der Waals surface area contributed by atoms with E-state index < -0.39 is 0 Å². The second kappa shape index (κ2) is 13.3. The monoisotopic (exact) mass is 844 g/mol. The number of furan rings is 2. The van der Waals surface area contributed by atoms with Crippen molar-refractivity contribution in [3.8, 4) is 22.3 Å². The molecule has 2 aliphatic heterocycles. The van der Waals surface area contributed by atoms with E-state index >= 15 is 0 Å². The average molecular weight is 845 g/mol. The number of hydrogen-bond acceptors (Lipinski definition) is 5. The summed E-state index contributed by atoms with van der Waals surface area (Å²) >= 11 is 1.80. The number of rotatable bonds is 3. The highest BCUT2D eigenvalue weighted by molar-refractivity contribution is 7.17. The molecule has 5 heterocycles. The molecule has 0 bridgehead atoms. The molecule has 0 aliphatic carbocycles. The molecule has 308 valence electrons. The van der Waals surface area contributed by atoms with Gasteiger partial charge in [-0.05, 0) is 122 Å². The van der Waals surface area contributed by atoms with Gasteiger partial charge in [0.25, 0.3) is 0 Å². The lowest BCUT2D eigenvalue weighted by molar-refractivity contribution is 0.590. The summed E-state index contributed by atoms with van der Waals surface area (Å²) in [5.41, 5.74) is 18.9. The Morgan fingerprint density at radius 1 is 0.500 bits per heavy atom. The lowest BCUT2D eigenvalue weighted by Crippen LogP contribution is -2.61. The van der Waals surface area contributed by atoms with Gasteiger partial charge in [-0.3, -0.25) is 0 Å². The van der Waals surface area contributed by atoms with Gasteiger partial charge < -0.3 is 18.5 Å². The van der Waals surface area contributed by atoms with Gasteiger partial charge in [0.05, 0.1) is 11.4 Å². The van der Waals surface area contributed by atoms with Crippen LogP contribution in [0.15, 0.2) is 172 Å². The van der Waals surface area contributed by atoms with E-state index in [2.05, 4.69) is 214 Å². The normalized spacial score (nSPS) is 13.7. The zero-order valence-electron chi connectivity index (χ0n) is 36.8. The Hall–Kier alpha value is -7.02. The Balaban J connectivity index is 1.22. The molecule has 0 radical (unpaired) electrons. The molecule has 0 spiro atoms. The molecule has 8 aromatic carbocycles. The van der Waals surface area contributed by atoms with Crippen LogP contribution in [0.1, 0.15) is 52.7 Å². The first-order valence-electron chi connectivity index (χ1n) is 22.3. The summed E-state index contributed by atoms with van der Waals surface area (Å²) in [6.45, 7) is 13.6. The molecular formula is C58H45BN2O2S. The van der Waals surface area contributed by atoms with Crippen LogP contribution in [0.2, 0.25) is 0 Å². The lowest BCUT2D eigenvalue weighted by atomic mass is 9.43. The number of para-hydroxylation sites is 2. The zero-order valence-corrected chi connectivity index (χ0v) is 37.6. The summed E-state index contributed by atoms with van der Waals surface area (Å²) in [7, 11) is 0. The van der Waals surface area contributed by atoms with Crippen LogP contribution >= 0.6 is 11.3 Å². The van der Waals surface area contributed by atoms with Gasteiger partial charge in [0, 0.05) is 60.5 Å². The van der Waals surface area contributed by atoms with Crippen LogP contribution in [0.5, 0.6) is 0 Å². The molecule has 3 aromatic heterocycles. The van der Waals surface area contributed by atoms with E-state index in [1.807, 2.05) is 0 Å². The lowest BCUT2D eigenvalue weighted by Gasteiger charge is -2.46. The maximum Gasteiger partial charge on any atom is 0.333 e. The molecule has 0 fully saturated rings. The van der Waals surface area contributed by atoms with Crippen LogP contribution in [-0.2, 0) is 10.8 Å². The van der Waals surface area contributed by atoms with Crippen molar-refractivity contribution in [1.29, 1.82) is 0 Å². The van der Waals surface area contributed by atoms with Gasteiger partial charge in [-0.2, -0.15) is 0 Å². The van der Waals surface area contributed by atoms with Crippen LogP contribution in [-0.4, -0.2) is 6.85 Å². The average Bonchev–Trinajstić information content (AvgIpc) is 4.02. The summed E-state index contributed by atoms with van der Waals surface area (Å²) in [6.07, 6.45) is 0. The Labute approximate surface area is 377 Å². The first-order valence-corrected chi connectivity index (χ1v) is 23.2. The number of anilines is 5. The zero-order chi connectivity index (χ0) is 43.2. The fourth-order valence-corrected chi connectivity index (χ4v) is 11.4. The van der Waals surface area contributed by atoms with Crippen LogP contribution in [0.25, 0.3) is 76.2 Å². The minimum atomic E-state index is -0.204. The van der Waals surface area contributed by atoms with Gasteiger partial charge in [0.15, 0.2) is 5.58 Å². The maximum absolute atomic E-state index is 7.21. The molecule has 0 saturated heterocycles. The van der Waals surface area contributed by atoms with Crippen molar-refractivity contribution in [1.82, 2.24) is 0 Å². The topological polar surface area (TPSA) is 32.8 Å². The predicted octanol–water partition coefficient (Wildman–Crippen LogP) is 15.7. The van der Waals surface area contributed by atoms with Gasteiger partial charge in [-0.15, -0.1) is 11.3 Å². The summed E-state index contributed by atoms with van der Waals surface area (Å²) in [4.78, 5) is 5.14. The third kappa shape index (κ3) is 5.42. The highest BCUT2D eigenvalue weighted by Gasteiger charge is 2.47. The van der Waals surface area contributed by atoms with E-state index in [9.17, 15) is 0 Å². The Kier molecular flexibility index (Phi) is 7.78. The molecule has 64 heavy (non-hydrogen) atoms. The Bertz CT molecular complexity index is 3710. The third-order valence-corrected chi connectivity index (χ3v) is 14.7. The van der Waals surface area contributed by atoms with Gasteiger partial charge >= 0.3 is 6.85 Å². The van der Waals surface area contributed by atoms with Crippen molar-refractivity contribution >= 4 is 112 Å². The van der Waals surface area contributed by atoms with Crippen molar-refractivity contribution in [2.24, 2.45) is 0 Å². The minimum Gasteiger partial charge on any atom is -0.456 e. The van der Waals surface area contributed by atoms with Gasteiger partial charge in [-0.1, -0.05) is 126 Å². The molecular weight excluding hydrogens is 800 g/mol. The fraction of sp³-hybridized carbons (Fsp3) is 0.138. The second-order valence-corrected chi connectivity index (χ2v) is 20.7. The molecule has 0 atom stereocenters. The second-order valence-electron chi connectivity index (χ2n) is 19.7. The molecule has 6 heteroatoms. The van der Waals surface area contributed by atoms with Gasteiger partial charge in [0.1, 0.15) is 16.7 Å². The van der Waals surface area contributed by atoms with Crippen LogP contribution in [0.4, 0.5) is 28.4 Å². The molecule has 0 N–H and O–H groups in total. The van der Waals surface area contributed by atoms with Crippen LogP contribution in [0.3, 0.4) is 0 Å². The molecule has 0 saturated carbocycles. The van der Waals surface area contributed by atoms with Crippen molar-refractivity contribution in [3.05, 3.63) is 174 Å². The quantitative estimate of drug-likeness (QED) is 0.166. The summed E-state index contributed by atoms with van der Waals surface area (Å²) in [5, 5.41) is 7.89. The third-order valence-electron chi connectivity index (χ3n) is 13.8. The van der Waals surface area contributed by atoms with Crippen molar-refractivity contribution in [2.45, 2.75) is 52.4 Å². The largest absolute Gasteiger partial charge is 0.456 e. The standard InChI is InChI=1S/C58H45BN2O2S/c1-57(2,3)36-20-23-38(24-21-36)61-48-33-52-43(39-16-10-12-18-50(39)62-52)30-42(48)44-31-45-40-17-11-13-19-51(40)63-56(45)55-54(44)59(61)46-32-53-35(26-27-64-53)28-49(46)60(55)47-25-22-37(58(4,5)6)29-41(47)34-14-8-7-9-15-34/h7-33H,1-6H3. The van der Waals surface area contributed by atoms with Crippen LogP contribution in [0, 0.1) is 0 Å².